The third kappa shape index (κ3) is 8.34. The fourth-order valence-electron chi connectivity index (χ4n) is 3.21. The molecule has 2 aromatic rings. The van der Waals surface area contributed by atoms with E-state index in [-0.39, 0.29) is 0 Å². The largest absolute Gasteiger partial charge is 0.497 e. The van der Waals surface area contributed by atoms with E-state index >= 15 is 0 Å². The van der Waals surface area contributed by atoms with Crippen LogP contribution in [0.15, 0.2) is 48.5 Å². The van der Waals surface area contributed by atoms with E-state index in [1.807, 2.05) is 24.3 Å². The van der Waals surface area contributed by atoms with Gasteiger partial charge in [-0.25, -0.2) is 0 Å². The lowest BCUT2D eigenvalue weighted by molar-refractivity contribution is 0.271. The molecule has 2 aromatic carbocycles. The van der Waals surface area contributed by atoms with Crippen molar-refractivity contribution in [1.29, 1.82) is 0 Å². The average Bonchev–Trinajstić information content (AvgIpc) is 2.70. The molecule has 1 saturated heterocycles. The van der Waals surface area contributed by atoms with Crippen LogP contribution in [0.5, 0.6) is 5.75 Å². The maximum atomic E-state index is 5.92. The van der Waals surface area contributed by atoms with Crippen LogP contribution in [0, 0.1) is 0 Å². The summed E-state index contributed by atoms with van der Waals surface area (Å²) in [5, 5.41) is 0.782. The highest BCUT2D eigenvalue weighted by Crippen LogP contribution is 2.16. The second-order valence-electron chi connectivity index (χ2n) is 7.15. The minimum absolute atomic E-state index is 0.782. The van der Waals surface area contributed by atoms with Gasteiger partial charge in [-0.05, 0) is 74.9 Å². The first-order chi connectivity index (χ1) is 13.1. The highest BCUT2D eigenvalue weighted by molar-refractivity contribution is 6.30. The first-order valence-electron chi connectivity index (χ1n) is 9.89. The maximum absolute atomic E-state index is 5.92. The fourth-order valence-corrected chi connectivity index (χ4v) is 3.33. The number of hydrogen-bond acceptors (Lipinski definition) is 3. The third-order valence-corrected chi connectivity index (χ3v) is 5.14. The van der Waals surface area contributed by atoms with Gasteiger partial charge in [-0.2, -0.15) is 0 Å². The molecular weight excluding hydrogens is 356 g/mol. The lowest BCUT2D eigenvalue weighted by atomic mass is 10.1. The molecule has 148 valence electrons. The number of hydrogen-bond donors (Lipinski definition) is 0. The van der Waals surface area contributed by atoms with Gasteiger partial charge in [0.25, 0.3) is 0 Å². The molecule has 3 rings (SSSR count). The molecule has 1 heterocycles. The van der Waals surface area contributed by atoms with Crippen LogP contribution in [0.1, 0.15) is 37.3 Å². The van der Waals surface area contributed by atoms with Crippen LogP contribution in [0.25, 0.3) is 0 Å². The van der Waals surface area contributed by atoms with Crippen molar-refractivity contribution in [3.63, 3.8) is 0 Å². The second kappa shape index (κ2) is 12.0. The van der Waals surface area contributed by atoms with Crippen LogP contribution >= 0.6 is 11.6 Å². The van der Waals surface area contributed by atoms with Crippen molar-refractivity contribution >= 4 is 11.6 Å². The summed E-state index contributed by atoms with van der Waals surface area (Å²) >= 11 is 5.92. The molecule has 4 heteroatoms. The molecule has 0 amide bonds. The van der Waals surface area contributed by atoms with Gasteiger partial charge in [-0.15, -0.1) is 0 Å². The van der Waals surface area contributed by atoms with Gasteiger partial charge in [0.15, 0.2) is 0 Å². The molecular formula is C23H33ClN2O. The van der Waals surface area contributed by atoms with Crippen LogP contribution < -0.4 is 4.74 Å². The van der Waals surface area contributed by atoms with E-state index < -0.39 is 0 Å². The molecule has 0 spiro atoms. The van der Waals surface area contributed by atoms with Gasteiger partial charge in [0.1, 0.15) is 5.75 Å². The monoisotopic (exact) mass is 388 g/mol. The van der Waals surface area contributed by atoms with Gasteiger partial charge < -0.3 is 9.64 Å². The van der Waals surface area contributed by atoms with Crippen molar-refractivity contribution < 1.29 is 4.74 Å². The van der Waals surface area contributed by atoms with Gasteiger partial charge in [0.05, 0.1) is 7.11 Å². The van der Waals surface area contributed by atoms with Crippen LogP contribution in [0.4, 0.5) is 0 Å². The van der Waals surface area contributed by atoms with E-state index in [0.29, 0.717) is 0 Å². The smallest absolute Gasteiger partial charge is 0.119 e. The Morgan fingerprint density at radius 1 is 0.963 bits per heavy atom. The molecule has 3 nitrogen and oxygen atoms in total. The normalized spacial score (nSPS) is 14.6. The van der Waals surface area contributed by atoms with Crippen molar-refractivity contribution in [2.75, 3.05) is 33.8 Å². The Bertz CT molecular complexity index is 654. The Morgan fingerprint density at radius 2 is 1.63 bits per heavy atom. The number of rotatable bonds is 6. The van der Waals surface area contributed by atoms with E-state index in [9.17, 15) is 0 Å². The summed E-state index contributed by atoms with van der Waals surface area (Å²) < 4.78 is 5.27. The highest BCUT2D eigenvalue weighted by Gasteiger charge is 2.06. The fraction of sp³-hybridized carbons (Fsp3) is 0.478. The summed E-state index contributed by atoms with van der Waals surface area (Å²) in [5.74, 6) is 0.907. The number of nitrogens with zero attached hydrogens (tertiary/aromatic N) is 2. The standard InChI is InChI=1S/C17H20ClNO.C6H13N/c1-3-19(12-14-7-9-16(18)10-8-14)13-15-5-4-6-17(11-15)20-2;1-7-5-3-2-4-6-7/h4-11H,3,12-13H2,1-2H3;2-6H2,1H3. The number of methoxy groups -OCH3 is 1. The van der Waals surface area contributed by atoms with Crippen molar-refractivity contribution in [2.24, 2.45) is 0 Å². The summed E-state index contributed by atoms with van der Waals surface area (Å²) in [5.41, 5.74) is 2.54. The summed E-state index contributed by atoms with van der Waals surface area (Å²) in [6.07, 6.45) is 4.28. The molecule has 1 fully saturated rings. The lowest BCUT2D eigenvalue weighted by Crippen LogP contribution is -2.24. The summed E-state index contributed by atoms with van der Waals surface area (Å²) in [4.78, 5) is 4.78. The molecule has 0 bridgehead atoms. The Kier molecular flexibility index (Phi) is 9.68. The number of halogens is 1. The van der Waals surface area contributed by atoms with Crippen LogP contribution in [0.3, 0.4) is 0 Å². The van der Waals surface area contributed by atoms with Crippen LogP contribution in [-0.4, -0.2) is 43.6 Å². The predicted molar refractivity (Wildman–Crippen MR) is 116 cm³/mol. The molecule has 0 atom stereocenters. The Hall–Kier alpha value is -1.55. The minimum Gasteiger partial charge on any atom is -0.497 e. The van der Waals surface area contributed by atoms with E-state index in [1.54, 1.807) is 7.11 Å². The first kappa shape index (κ1) is 21.7. The zero-order valence-corrected chi connectivity index (χ0v) is 17.7. The van der Waals surface area contributed by atoms with Crippen molar-refractivity contribution in [2.45, 2.75) is 39.3 Å². The molecule has 0 N–H and O–H groups in total. The summed E-state index contributed by atoms with van der Waals surface area (Å²) in [7, 11) is 3.89. The number of benzene rings is 2. The van der Waals surface area contributed by atoms with Gasteiger partial charge >= 0.3 is 0 Å². The second-order valence-corrected chi connectivity index (χ2v) is 7.58. The minimum atomic E-state index is 0.782. The van der Waals surface area contributed by atoms with Gasteiger partial charge in [0.2, 0.25) is 0 Å². The Labute approximate surface area is 169 Å². The van der Waals surface area contributed by atoms with Crippen LogP contribution in [0.2, 0.25) is 5.02 Å². The maximum Gasteiger partial charge on any atom is 0.119 e. The molecule has 0 radical (unpaired) electrons. The van der Waals surface area contributed by atoms with Crippen molar-refractivity contribution in [3.8, 4) is 5.75 Å². The SMILES string of the molecule is CCN(Cc1ccc(Cl)cc1)Cc1cccc(OC)c1.CN1CCCCC1. The number of piperidine rings is 1. The lowest BCUT2D eigenvalue weighted by Gasteiger charge is -2.21. The van der Waals surface area contributed by atoms with Crippen LogP contribution in [-0.2, 0) is 13.1 Å². The van der Waals surface area contributed by atoms with E-state index in [1.165, 1.54) is 43.5 Å². The Balaban J connectivity index is 0.000000313. The van der Waals surface area contributed by atoms with E-state index in [2.05, 4.69) is 48.0 Å². The highest BCUT2D eigenvalue weighted by atomic mass is 35.5. The summed E-state index contributed by atoms with van der Waals surface area (Å²) in [6, 6.07) is 16.3. The van der Waals surface area contributed by atoms with Crippen molar-refractivity contribution in [1.82, 2.24) is 9.80 Å². The zero-order valence-electron chi connectivity index (χ0n) is 17.0. The molecule has 27 heavy (non-hydrogen) atoms. The number of likely N-dealkylation sites (tertiary alicyclic amines) is 1. The van der Waals surface area contributed by atoms with Crippen molar-refractivity contribution in [3.05, 3.63) is 64.7 Å². The average molecular weight is 389 g/mol. The summed E-state index contributed by atoms with van der Waals surface area (Å²) in [6.45, 7) is 7.65. The molecule has 0 aromatic heterocycles. The zero-order chi connectivity index (χ0) is 19.5. The van der Waals surface area contributed by atoms with Gasteiger partial charge in [-0.1, -0.05) is 49.2 Å². The molecule has 1 aliphatic heterocycles. The molecule has 0 aliphatic carbocycles. The third-order valence-electron chi connectivity index (χ3n) is 4.89. The van der Waals surface area contributed by atoms with E-state index in [0.717, 1.165) is 30.4 Å². The molecule has 0 unspecified atom stereocenters. The number of ether oxygens (including phenoxy) is 1. The quantitative estimate of drug-likeness (QED) is 0.652. The molecule has 1 aliphatic rings. The van der Waals surface area contributed by atoms with Gasteiger partial charge in [-0.3, -0.25) is 4.90 Å². The molecule has 0 saturated carbocycles. The first-order valence-corrected chi connectivity index (χ1v) is 10.3. The van der Waals surface area contributed by atoms with E-state index in [4.69, 9.17) is 16.3 Å². The van der Waals surface area contributed by atoms with Gasteiger partial charge in [0, 0.05) is 18.1 Å². The topological polar surface area (TPSA) is 15.7 Å². The predicted octanol–water partition coefficient (Wildman–Crippen LogP) is 5.47. The Morgan fingerprint density at radius 3 is 2.19 bits per heavy atom.